The van der Waals surface area contributed by atoms with Crippen molar-refractivity contribution < 1.29 is 0 Å². The van der Waals surface area contributed by atoms with Crippen molar-refractivity contribution in [3.05, 3.63) is 29.1 Å². The van der Waals surface area contributed by atoms with Crippen LogP contribution < -0.4 is 5.56 Å². The first kappa shape index (κ1) is 10.2. The van der Waals surface area contributed by atoms with E-state index in [1.165, 1.54) is 25.1 Å². The second-order valence-corrected chi connectivity index (χ2v) is 3.32. The molecule has 16 heavy (non-hydrogen) atoms. The van der Waals surface area contributed by atoms with E-state index >= 15 is 0 Å². The van der Waals surface area contributed by atoms with Crippen molar-refractivity contribution in [2.75, 3.05) is 14.1 Å². The third-order valence-electron chi connectivity index (χ3n) is 1.79. The van der Waals surface area contributed by atoms with Gasteiger partial charge in [0.25, 0.3) is 0 Å². The molecule has 0 N–H and O–H groups in total. The van der Waals surface area contributed by atoms with Crippen LogP contribution in [0.2, 0.25) is 0 Å². The summed E-state index contributed by atoms with van der Waals surface area (Å²) >= 11 is 0. The molecule has 0 radical (unpaired) electrons. The van der Waals surface area contributed by atoms with Gasteiger partial charge in [0.15, 0.2) is 11.2 Å². The molecule has 0 spiro atoms. The van der Waals surface area contributed by atoms with Gasteiger partial charge >= 0.3 is 5.56 Å². The molecule has 7 heteroatoms. The molecule has 2 aromatic heterocycles. The molecule has 0 atom stereocenters. The number of hydrogen-bond acceptors (Lipinski definition) is 5. The molecule has 0 aliphatic carbocycles. The summed E-state index contributed by atoms with van der Waals surface area (Å²) in [6.45, 7) is 0. The van der Waals surface area contributed by atoms with E-state index < -0.39 is 0 Å². The number of fused-ring (bicyclic) bond motifs is 1. The Morgan fingerprint density at radius 2 is 2.06 bits per heavy atom. The molecule has 0 aliphatic heterocycles. The van der Waals surface area contributed by atoms with Crippen molar-refractivity contribution in [1.82, 2.24) is 24.5 Å². The lowest BCUT2D eigenvalue weighted by molar-refractivity contribution is 0.629. The standard InChI is InChI=1S/C9H10N6O/c1-14(2)6-13-15-5-12-8-7(9(15)16)10-3-4-11-8/h3-6H,1-2H3/b13-6+. The minimum Gasteiger partial charge on any atom is -0.367 e. The molecule has 0 fully saturated rings. The van der Waals surface area contributed by atoms with Crippen molar-refractivity contribution in [3.63, 3.8) is 0 Å². The van der Waals surface area contributed by atoms with E-state index in [0.29, 0.717) is 5.65 Å². The van der Waals surface area contributed by atoms with Crippen LogP contribution in [0.4, 0.5) is 0 Å². The highest BCUT2D eigenvalue weighted by atomic mass is 16.1. The van der Waals surface area contributed by atoms with Gasteiger partial charge in [-0.2, -0.15) is 9.78 Å². The fraction of sp³-hybridized carbons (Fsp3) is 0.222. The molecule has 82 valence electrons. The first-order valence-corrected chi connectivity index (χ1v) is 4.58. The Labute approximate surface area is 91.1 Å². The normalized spacial score (nSPS) is 11.1. The van der Waals surface area contributed by atoms with Gasteiger partial charge in [-0.1, -0.05) is 0 Å². The summed E-state index contributed by atoms with van der Waals surface area (Å²) in [5.41, 5.74) is 0.195. The maximum Gasteiger partial charge on any atom is 0.302 e. The summed E-state index contributed by atoms with van der Waals surface area (Å²) in [5.74, 6) is 0. The van der Waals surface area contributed by atoms with Gasteiger partial charge < -0.3 is 4.90 Å². The summed E-state index contributed by atoms with van der Waals surface area (Å²) in [6, 6.07) is 0. The predicted octanol–water partition coefficient (Wildman–Crippen LogP) is -0.461. The molecule has 2 aromatic rings. The van der Waals surface area contributed by atoms with E-state index in [1.54, 1.807) is 4.90 Å². The van der Waals surface area contributed by atoms with E-state index in [2.05, 4.69) is 20.1 Å². The van der Waals surface area contributed by atoms with Crippen LogP contribution in [0.3, 0.4) is 0 Å². The van der Waals surface area contributed by atoms with Gasteiger partial charge in [0, 0.05) is 26.5 Å². The highest BCUT2D eigenvalue weighted by molar-refractivity contribution is 5.67. The van der Waals surface area contributed by atoms with E-state index in [1.807, 2.05) is 14.1 Å². The maximum atomic E-state index is 11.8. The summed E-state index contributed by atoms with van der Waals surface area (Å²) in [5, 5.41) is 3.93. The van der Waals surface area contributed by atoms with Gasteiger partial charge in [-0.05, 0) is 0 Å². The van der Waals surface area contributed by atoms with Gasteiger partial charge in [-0.15, -0.1) is 0 Å². The van der Waals surface area contributed by atoms with E-state index in [-0.39, 0.29) is 11.1 Å². The van der Waals surface area contributed by atoms with Crippen LogP contribution in [0.15, 0.2) is 28.6 Å². The molecule has 0 saturated carbocycles. The highest BCUT2D eigenvalue weighted by Crippen LogP contribution is 1.96. The SMILES string of the molecule is CN(C)/C=N/n1cnc2nccnc2c1=O. The largest absolute Gasteiger partial charge is 0.367 e. The topological polar surface area (TPSA) is 76.3 Å². The Balaban J connectivity index is 2.57. The molecule has 2 rings (SSSR count). The average Bonchev–Trinajstić information content (AvgIpc) is 2.28. The Morgan fingerprint density at radius 1 is 1.31 bits per heavy atom. The number of hydrogen-bond donors (Lipinski definition) is 0. The number of nitrogens with zero attached hydrogens (tertiary/aromatic N) is 6. The summed E-state index contributed by atoms with van der Waals surface area (Å²) in [6.07, 6.45) is 5.76. The minimum absolute atomic E-state index is 0.209. The smallest absolute Gasteiger partial charge is 0.302 e. The zero-order chi connectivity index (χ0) is 11.5. The summed E-state index contributed by atoms with van der Waals surface area (Å²) < 4.78 is 1.12. The van der Waals surface area contributed by atoms with Crippen molar-refractivity contribution >= 4 is 17.5 Å². The van der Waals surface area contributed by atoms with E-state index in [0.717, 1.165) is 4.68 Å². The molecule has 2 heterocycles. The third kappa shape index (κ3) is 1.88. The van der Waals surface area contributed by atoms with Gasteiger partial charge in [0.2, 0.25) is 0 Å². The minimum atomic E-state index is -0.337. The van der Waals surface area contributed by atoms with E-state index in [4.69, 9.17) is 0 Å². The Bertz CT molecular complexity index is 588. The Morgan fingerprint density at radius 3 is 2.81 bits per heavy atom. The number of rotatable bonds is 2. The van der Waals surface area contributed by atoms with Crippen molar-refractivity contribution in [1.29, 1.82) is 0 Å². The van der Waals surface area contributed by atoms with Gasteiger partial charge in [0.05, 0.1) is 0 Å². The van der Waals surface area contributed by atoms with Crippen LogP contribution in [0, 0.1) is 0 Å². The second kappa shape index (κ2) is 4.05. The molecule has 0 bridgehead atoms. The zero-order valence-electron chi connectivity index (χ0n) is 8.90. The lowest BCUT2D eigenvalue weighted by atomic mass is 10.5. The molecule has 0 amide bonds. The maximum absolute atomic E-state index is 11.8. The lowest BCUT2D eigenvalue weighted by Gasteiger charge is -2.03. The molecule has 0 aliphatic rings. The third-order valence-corrected chi connectivity index (χ3v) is 1.79. The predicted molar refractivity (Wildman–Crippen MR) is 59.2 cm³/mol. The fourth-order valence-electron chi connectivity index (χ4n) is 1.09. The first-order chi connectivity index (χ1) is 7.68. The first-order valence-electron chi connectivity index (χ1n) is 4.58. The molecule has 0 saturated heterocycles. The molecule has 0 aromatic carbocycles. The molecule has 0 unspecified atom stereocenters. The van der Waals surface area contributed by atoms with Crippen LogP contribution >= 0.6 is 0 Å². The van der Waals surface area contributed by atoms with Gasteiger partial charge in [-0.3, -0.25) is 4.79 Å². The summed E-state index contributed by atoms with van der Waals surface area (Å²) in [7, 11) is 3.62. The molecular formula is C9H10N6O. The Kier molecular flexibility index (Phi) is 2.59. The molecular weight excluding hydrogens is 208 g/mol. The van der Waals surface area contributed by atoms with Crippen molar-refractivity contribution in [2.24, 2.45) is 5.10 Å². The highest BCUT2D eigenvalue weighted by Gasteiger charge is 2.03. The van der Waals surface area contributed by atoms with Crippen LogP contribution in [0.25, 0.3) is 11.2 Å². The lowest BCUT2D eigenvalue weighted by Crippen LogP contribution is -2.20. The van der Waals surface area contributed by atoms with Crippen LogP contribution in [0.1, 0.15) is 0 Å². The number of aromatic nitrogens is 4. The van der Waals surface area contributed by atoms with Crippen LogP contribution in [0.5, 0.6) is 0 Å². The zero-order valence-corrected chi connectivity index (χ0v) is 8.90. The van der Waals surface area contributed by atoms with Crippen molar-refractivity contribution in [2.45, 2.75) is 0 Å². The summed E-state index contributed by atoms with van der Waals surface area (Å²) in [4.78, 5) is 25.4. The second-order valence-electron chi connectivity index (χ2n) is 3.32. The van der Waals surface area contributed by atoms with Crippen molar-refractivity contribution in [3.8, 4) is 0 Å². The Hall–Kier alpha value is -2.31. The quantitative estimate of drug-likeness (QED) is 0.503. The monoisotopic (exact) mass is 218 g/mol. The molecule has 7 nitrogen and oxygen atoms in total. The van der Waals surface area contributed by atoms with Gasteiger partial charge in [-0.25, -0.2) is 15.0 Å². The fourth-order valence-corrected chi connectivity index (χ4v) is 1.09. The van der Waals surface area contributed by atoms with Crippen LogP contribution in [-0.4, -0.2) is 45.0 Å². The van der Waals surface area contributed by atoms with Crippen LogP contribution in [-0.2, 0) is 0 Å². The average molecular weight is 218 g/mol. The van der Waals surface area contributed by atoms with Gasteiger partial charge in [0.1, 0.15) is 12.7 Å². The van der Waals surface area contributed by atoms with E-state index in [9.17, 15) is 4.79 Å².